The normalized spacial score (nSPS) is 14.9. The maximum atomic E-state index is 13.9. The Labute approximate surface area is 228 Å². The molecule has 3 amide bonds. The number of halogens is 1. The van der Waals surface area contributed by atoms with E-state index in [2.05, 4.69) is 23.3 Å². The molecule has 0 aliphatic heterocycles. The number of anilines is 1. The van der Waals surface area contributed by atoms with E-state index in [4.69, 9.17) is 16.3 Å². The molecule has 3 N–H and O–H groups in total. The highest BCUT2D eigenvalue weighted by molar-refractivity contribution is 7.80. The molecule has 0 bridgehead atoms. The predicted octanol–water partition coefficient (Wildman–Crippen LogP) is 5.16. The van der Waals surface area contributed by atoms with Crippen molar-refractivity contribution in [3.05, 3.63) is 58.1 Å². The number of nitrogens with zero attached hydrogens (tertiary/aromatic N) is 1. The van der Waals surface area contributed by atoms with Crippen LogP contribution in [0.4, 0.5) is 10.5 Å². The Balaban J connectivity index is 2.01. The van der Waals surface area contributed by atoms with Gasteiger partial charge < -0.3 is 25.4 Å². The Hall–Kier alpha value is -2.91. The van der Waals surface area contributed by atoms with Gasteiger partial charge in [-0.3, -0.25) is 9.59 Å². The van der Waals surface area contributed by atoms with Crippen LogP contribution in [0.5, 0.6) is 5.75 Å². The summed E-state index contributed by atoms with van der Waals surface area (Å²) in [5, 5.41) is 16.0. The fourth-order valence-corrected chi connectivity index (χ4v) is 4.47. The van der Waals surface area contributed by atoms with E-state index in [0.29, 0.717) is 34.7 Å². The Kier molecular flexibility index (Phi) is 9.02. The number of nitrogens with one attached hydrogen (secondary N) is 2. The Morgan fingerprint density at radius 1 is 1.16 bits per heavy atom. The zero-order chi connectivity index (χ0) is 27.5. The fourth-order valence-electron chi connectivity index (χ4n) is 3.95. The summed E-state index contributed by atoms with van der Waals surface area (Å²) in [5.41, 5.74) is 1.56. The molecule has 0 radical (unpaired) electrons. The van der Waals surface area contributed by atoms with Gasteiger partial charge in [0, 0.05) is 11.8 Å². The Morgan fingerprint density at radius 3 is 2.38 bits per heavy atom. The van der Waals surface area contributed by atoms with Crippen molar-refractivity contribution < 1.29 is 24.2 Å². The third-order valence-electron chi connectivity index (χ3n) is 5.90. The number of hydrogen-bond acceptors (Lipinski definition) is 6. The van der Waals surface area contributed by atoms with E-state index in [1.165, 1.54) is 11.0 Å². The zero-order valence-electron chi connectivity index (χ0n) is 21.7. The van der Waals surface area contributed by atoms with Gasteiger partial charge in [0.25, 0.3) is 5.91 Å². The van der Waals surface area contributed by atoms with Crippen molar-refractivity contribution in [3.8, 4) is 5.75 Å². The number of phenolic OH excluding ortho intramolecular Hbond substituents is 1. The van der Waals surface area contributed by atoms with Crippen LogP contribution < -0.4 is 10.6 Å². The summed E-state index contributed by atoms with van der Waals surface area (Å²) in [6.07, 6.45) is 0.677. The number of alkyl carbamates (subject to hydrolysis) is 1. The molecule has 8 nitrogen and oxygen atoms in total. The molecule has 10 heteroatoms. The van der Waals surface area contributed by atoms with Crippen LogP contribution >= 0.6 is 24.2 Å². The van der Waals surface area contributed by atoms with Gasteiger partial charge in [0.2, 0.25) is 5.91 Å². The van der Waals surface area contributed by atoms with Gasteiger partial charge in [0.15, 0.2) is 0 Å². The van der Waals surface area contributed by atoms with Crippen LogP contribution in [0.2, 0.25) is 5.02 Å². The molecule has 0 spiro atoms. The van der Waals surface area contributed by atoms with Crippen molar-refractivity contribution in [3.63, 3.8) is 0 Å². The lowest BCUT2D eigenvalue weighted by Gasteiger charge is -2.34. The third-order valence-corrected chi connectivity index (χ3v) is 6.58. The molecular formula is C27H34ClN3O5S. The molecule has 2 aromatic carbocycles. The van der Waals surface area contributed by atoms with Crippen LogP contribution in [0.25, 0.3) is 0 Å². The number of aryl methyl sites for hydroxylation is 2. The van der Waals surface area contributed by atoms with E-state index in [1.54, 1.807) is 52.0 Å². The van der Waals surface area contributed by atoms with E-state index in [1.807, 2.05) is 13.0 Å². The summed E-state index contributed by atoms with van der Waals surface area (Å²) in [6, 6.07) is 7.82. The number of para-hydroxylation sites is 1. The van der Waals surface area contributed by atoms with E-state index < -0.39 is 35.6 Å². The summed E-state index contributed by atoms with van der Waals surface area (Å²) in [7, 11) is 0. The zero-order valence-corrected chi connectivity index (χ0v) is 23.3. The second-order valence-electron chi connectivity index (χ2n) is 10.2. The predicted molar refractivity (Wildman–Crippen MR) is 147 cm³/mol. The number of carbonyl (C=O) groups is 3. The van der Waals surface area contributed by atoms with Gasteiger partial charge in [0.1, 0.15) is 23.4 Å². The number of carbonyl (C=O) groups excluding carboxylic acids is 3. The van der Waals surface area contributed by atoms with Crippen LogP contribution in [-0.4, -0.2) is 51.4 Å². The molecule has 1 saturated carbocycles. The lowest BCUT2D eigenvalue weighted by atomic mass is 10.00. The standard InChI is InChI=1S/C27H34ClN3O5S/c1-15-7-6-8-19(28)22(15)30-24(33)23(17-9-12-21(32)16(2)13-17)31(18-10-11-18)25(34)20(14-37)29-26(35)36-27(3,4)5/h6-9,12-13,18,20,23,32,37H,10-11,14H2,1-5H3,(H,29,35)(H,30,33). The maximum absolute atomic E-state index is 13.9. The minimum atomic E-state index is -1.04. The monoisotopic (exact) mass is 547 g/mol. The van der Waals surface area contributed by atoms with Crippen LogP contribution in [0.1, 0.15) is 56.3 Å². The number of benzene rings is 2. The molecule has 0 aromatic heterocycles. The number of thiol groups is 1. The summed E-state index contributed by atoms with van der Waals surface area (Å²) in [5.74, 6) is -0.829. The largest absolute Gasteiger partial charge is 0.508 e. The minimum Gasteiger partial charge on any atom is -0.508 e. The van der Waals surface area contributed by atoms with Crippen molar-refractivity contribution in [1.29, 1.82) is 0 Å². The first kappa shape index (κ1) is 28.7. The molecule has 0 heterocycles. The van der Waals surface area contributed by atoms with E-state index in [-0.39, 0.29) is 17.5 Å². The molecule has 2 unspecified atom stereocenters. The van der Waals surface area contributed by atoms with Gasteiger partial charge in [-0.25, -0.2) is 4.79 Å². The first-order valence-electron chi connectivity index (χ1n) is 12.1. The molecule has 200 valence electrons. The van der Waals surface area contributed by atoms with Gasteiger partial charge in [-0.2, -0.15) is 12.6 Å². The van der Waals surface area contributed by atoms with Gasteiger partial charge in [-0.05, 0) is 82.3 Å². The summed E-state index contributed by atoms with van der Waals surface area (Å²) in [4.78, 5) is 41.7. The lowest BCUT2D eigenvalue weighted by molar-refractivity contribution is -0.141. The SMILES string of the molecule is Cc1cc(C(C(=O)Nc2c(C)cccc2Cl)N(C(=O)C(CS)NC(=O)OC(C)(C)C)C2CC2)ccc1O. The molecule has 1 fully saturated rings. The average Bonchev–Trinajstić information content (AvgIpc) is 3.63. The fraction of sp³-hybridized carbons (Fsp3) is 0.444. The molecule has 1 aliphatic carbocycles. The number of amides is 3. The van der Waals surface area contributed by atoms with Gasteiger partial charge in [0.05, 0.1) is 10.7 Å². The number of ether oxygens (including phenoxy) is 1. The lowest BCUT2D eigenvalue weighted by Crippen LogP contribution is -2.54. The second kappa shape index (κ2) is 11.6. The Morgan fingerprint density at radius 2 is 1.84 bits per heavy atom. The Bertz CT molecular complexity index is 1160. The van der Waals surface area contributed by atoms with Crippen molar-refractivity contribution >= 4 is 47.8 Å². The van der Waals surface area contributed by atoms with Crippen molar-refractivity contribution in [1.82, 2.24) is 10.2 Å². The molecule has 1 aliphatic rings. The van der Waals surface area contributed by atoms with Crippen LogP contribution in [0, 0.1) is 13.8 Å². The molecule has 37 heavy (non-hydrogen) atoms. The highest BCUT2D eigenvalue weighted by Crippen LogP contribution is 2.38. The van der Waals surface area contributed by atoms with E-state index >= 15 is 0 Å². The first-order valence-corrected chi connectivity index (χ1v) is 13.1. The van der Waals surface area contributed by atoms with Crippen molar-refractivity contribution in [2.45, 2.75) is 71.2 Å². The molecule has 2 atom stereocenters. The van der Waals surface area contributed by atoms with Crippen molar-refractivity contribution in [2.24, 2.45) is 0 Å². The van der Waals surface area contributed by atoms with Gasteiger partial charge in [-0.1, -0.05) is 29.8 Å². The van der Waals surface area contributed by atoms with Crippen LogP contribution in [-0.2, 0) is 14.3 Å². The first-order chi connectivity index (χ1) is 17.3. The van der Waals surface area contributed by atoms with Crippen LogP contribution in [0.15, 0.2) is 36.4 Å². The highest BCUT2D eigenvalue weighted by atomic mass is 35.5. The van der Waals surface area contributed by atoms with Gasteiger partial charge in [-0.15, -0.1) is 0 Å². The number of rotatable bonds is 8. The average molecular weight is 548 g/mol. The number of aromatic hydroxyl groups is 1. The second-order valence-corrected chi connectivity index (χ2v) is 11.0. The molecular weight excluding hydrogens is 514 g/mol. The summed E-state index contributed by atoms with van der Waals surface area (Å²) in [6.45, 7) is 8.73. The number of hydrogen-bond donors (Lipinski definition) is 4. The third kappa shape index (κ3) is 7.32. The van der Waals surface area contributed by atoms with E-state index in [9.17, 15) is 19.5 Å². The summed E-state index contributed by atoms with van der Waals surface area (Å²) < 4.78 is 5.33. The van der Waals surface area contributed by atoms with E-state index in [0.717, 1.165) is 5.56 Å². The number of phenols is 1. The molecule has 0 saturated heterocycles. The minimum absolute atomic E-state index is 0.00780. The van der Waals surface area contributed by atoms with Crippen LogP contribution in [0.3, 0.4) is 0 Å². The van der Waals surface area contributed by atoms with Crippen molar-refractivity contribution in [2.75, 3.05) is 11.1 Å². The molecule has 2 aromatic rings. The molecule has 3 rings (SSSR count). The summed E-state index contributed by atoms with van der Waals surface area (Å²) >= 11 is 10.7. The smallest absolute Gasteiger partial charge is 0.408 e. The highest BCUT2D eigenvalue weighted by Gasteiger charge is 2.44. The maximum Gasteiger partial charge on any atom is 0.408 e. The van der Waals surface area contributed by atoms with Gasteiger partial charge >= 0.3 is 6.09 Å². The quantitative estimate of drug-likeness (QED) is 0.342. The topological polar surface area (TPSA) is 108 Å².